The third-order valence-corrected chi connectivity index (χ3v) is 4.05. The molecule has 0 fully saturated rings. The minimum absolute atomic E-state index is 0.0429. The molecule has 5 nitrogen and oxygen atoms in total. The third-order valence-electron chi connectivity index (χ3n) is 3.80. The van der Waals surface area contributed by atoms with Gasteiger partial charge in [0.2, 0.25) is 0 Å². The molecule has 3 aromatic rings. The van der Waals surface area contributed by atoms with Crippen molar-refractivity contribution in [2.75, 3.05) is 5.32 Å². The van der Waals surface area contributed by atoms with Gasteiger partial charge in [0.25, 0.3) is 11.5 Å². The molecule has 2 aromatic carbocycles. The Bertz CT molecular complexity index is 994. The lowest BCUT2D eigenvalue weighted by atomic mass is 10.1. The topological polar surface area (TPSA) is 74.8 Å². The summed E-state index contributed by atoms with van der Waals surface area (Å²) in [7, 11) is 0. The fourth-order valence-corrected chi connectivity index (χ4v) is 2.50. The number of nitrogens with zero attached hydrogens (tertiary/aromatic N) is 1. The van der Waals surface area contributed by atoms with E-state index in [2.05, 4.69) is 15.3 Å². The number of benzene rings is 2. The maximum atomic E-state index is 12.4. The molecular weight excluding hydrogens is 338 g/mol. The number of anilines is 1. The van der Waals surface area contributed by atoms with Gasteiger partial charge in [0.05, 0.1) is 0 Å². The van der Waals surface area contributed by atoms with Crippen molar-refractivity contribution < 1.29 is 4.79 Å². The predicted octanol–water partition coefficient (Wildman–Crippen LogP) is 3.96. The zero-order valence-electron chi connectivity index (χ0n) is 13.8. The number of carbonyl (C=O) groups is 1. The Kier molecular flexibility index (Phi) is 4.67. The summed E-state index contributed by atoms with van der Waals surface area (Å²) >= 11 is 5.85. The first-order valence-electron chi connectivity index (χ1n) is 7.68. The van der Waals surface area contributed by atoms with Gasteiger partial charge < -0.3 is 10.3 Å². The lowest BCUT2D eigenvalue weighted by Gasteiger charge is -2.09. The average Bonchev–Trinajstić information content (AvgIpc) is 2.58. The van der Waals surface area contributed by atoms with Gasteiger partial charge in [-0.1, -0.05) is 23.7 Å². The van der Waals surface area contributed by atoms with Crippen molar-refractivity contribution in [3.63, 3.8) is 0 Å². The molecule has 0 saturated heterocycles. The summed E-state index contributed by atoms with van der Waals surface area (Å²) in [4.78, 5) is 31.5. The van der Waals surface area contributed by atoms with Gasteiger partial charge in [-0.05, 0) is 55.3 Å². The lowest BCUT2D eigenvalue weighted by Crippen LogP contribution is -2.24. The SMILES string of the molecule is Cc1ccc(C)c(NC(=O)c2cnc(-c3ccc(Cl)cc3)[nH]c2=O)c1. The zero-order valence-corrected chi connectivity index (χ0v) is 14.5. The molecule has 25 heavy (non-hydrogen) atoms. The summed E-state index contributed by atoms with van der Waals surface area (Å²) in [6.45, 7) is 3.82. The highest BCUT2D eigenvalue weighted by Gasteiger charge is 2.14. The number of hydrogen-bond acceptors (Lipinski definition) is 3. The smallest absolute Gasteiger partial charge is 0.264 e. The third kappa shape index (κ3) is 3.78. The molecule has 0 spiro atoms. The van der Waals surface area contributed by atoms with Crippen LogP contribution in [-0.2, 0) is 0 Å². The first kappa shape index (κ1) is 16.9. The highest BCUT2D eigenvalue weighted by atomic mass is 35.5. The number of amides is 1. The zero-order chi connectivity index (χ0) is 18.0. The largest absolute Gasteiger partial charge is 0.322 e. The van der Waals surface area contributed by atoms with E-state index >= 15 is 0 Å². The monoisotopic (exact) mass is 353 g/mol. The van der Waals surface area contributed by atoms with Crippen LogP contribution in [0.15, 0.2) is 53.5 Å². The van der Waals surface area contributed by atoms with Crippen molar-refractivity contribution in [3.05, 3.63) is 80.7 Å². The maximum Gasteiger partial charge on any atom is 0.264 e. The van der Waals surface area contributed by atoms with Crippen LogP contribution < -0.4 is 10.9 Å². The molecule has 0 atom stereocenters. The molecule has 3 rings (SSSR count). The van der Waals surface area contributed by atoms with Gasteiger partial charge in [-0.2, -0.15) is 0 Å². The molecule has 6 heteroatoms. The minimum atomic E-state index is -0.497. The molecule has 0 aliphatic rings. The molecule has 0 radical (unpaired) electrons. The van der Waals surface area contributed by atoms with Gasteiger partial charge >= 0.3 is 0 Å². The average molecular weight is 354 g/mol. The highest BCUT2D eigenvalue weighted by molar-refractivity contribution is 6.30. The van der Waals surface area contributed by atoms with Crippen LogP contribution in [0.5, 0.6) is 0 Å². The van der Waals surface area contributed by atoms with E-state index in [-0.39, 0.29) is 5.56 Å². The van der Waals surface area contributed by atoms with Crippen LogP contribution in [0.2, 0.25) is 5.02 Å². The van der Waals surface area contributed by atoms with E-state index in [1.54, 1.807) is 24.3 Å². The second kappa shape index (κ2) is 6.91. The first-order chi connectivity index (χ1) is 11.9. The van der Waals surface area contributed by atoms with Crippen molar-refractivity contribution in [2.24, 2.45) is 0 Å². The number of aryl methyl sites for hydroxylation is 2. The molecule has 126 valence electrons. The van der Waals surface area contributed by atoms with Crippen LogP contribution in [0.1, 0.15) is 21.5 Å². The summed E-state index contributed by atoms with van der Waals surface area (Å²) in [6.07, 6.45) is 1.28. The molecule has 0 aliphatic carbocycles. The number of aromatic nitrogens is 2. The van der Waals surface area contributed by atoms with E-state index < -0.39 is 11.5 Å². The Morgan fingerprint density at radius 2 is 1.84 bits per heavy atom. The summed E-state index contributed by atoms with van der Waals surface area (Å²) in [5.74, 6) is -0.116. The van der Waals surface area contributed by atoms with Crippen molar-refractivity contribution in [2.45, 2.75) is 13.8 Å². The van der Waals surface area contributed by atoms with Gasteiger partial charge in [-0.15, -0.1) is 0 Å². The van der Waals surface area contributed by atoms with Crippen LogP contribution >= 0.6 is 11.6 Å². The second-order valence-corrected chi connectivity index (χ2v) is 6.19. The molecule has 1 amide bonds. The van der Waals surface area contributed by atoms with Crippen LogP contribution in [-0.4, -0.2) is 15.9 Å². The summed E-state index contributed by atoms with van der Waals surface area (Å²) in [5, 5.41) is 3.35. The molecule has 0 unspecified atom stereocenters. The van der Waals surface area contributed by atoms with Gasteiger partial charge in [0, 0.05) is 22.5 Å². The van der Waals surface area contributed by atoms with Crippen LogP contribution in [0.25, 0.3) is 11.4 Å². The van der Waals surface area contributed by atoms with Gasteiger partial charge in [-0.3, -0.25) is 9.59 Å². The number of halogens is 1. The van der Waals surface area contributed by atoms with Crippen LogP contribution in [0, 0.1) is 13.8 Å². The molecule has 1 heterocycles. The van der Waals surface area contributed by atoms with Crippen molar-refractivity contribution in [3.8, 4) is 11.4 Å². The Hall–Kier alpha value is -2.92. The molecule has 0 bridgehead atoms. The van der Waals surface area contributed by atoms with E-state index in [1.165, 1.54) is 6.20 Å². The first-order valence-corrected chi connectivity index (χ1v) is 8.06. The molecule has 0 saturated carbocycles. The van der Waals surface area contributed by atoms with Crippen LogP contribution in [0.3, 0.4) is 0 Å². The van der Waals surface area contributed by atoms with Gasteiger partial charge in [0.1, 0.15) is 11.4 Å². The van der Waals surface area contributed by atoms with Gasteiger partial charge in [0.15, 0.2) is 0 Å². The van der Waals surface area contributed by atoms with Gasteiger partial charge in [-0.25, -0.2) is 4.98 Å². The number of aromatic amines is 1. The Balaban J connectivity index is 1.88. The van der Waals surface area contributed by atoms with Crippen molar-refractivity contribution in [1.29, 1.82) is 0 Å². The van der Waals surface area contributed by atoms with Crippen LogP contribution in [0.4, 0.5) is 5.69 Å². The maximum absolute atomic E-state index is 12.4. The Labute approximate surface area is 149 Å². The number of carbonyl (C=O) groups excluding carboxylic acids is 1. The number of rotatable bonds is 3. The highest BCUT2D eigenvalue weighted by Crippen LogP contribution is 2.18. The Morgan fingerprint density at radius 1 is 1.12 bits per heavy atom. The number of nitrogens with one attached hydrogen (secondary N) is 2. The minimum Gasteiger partial charge on any atom is -0.322 e. The second-order valence-electron chi connectivity index (χ2n) is 5.75. The number of hydrogen-bond donors (Lipinski definition) is 2. The molecular formula is C19H16ClN3O2. The fraction of sp³-hybridized carbons (Fsp3) is 0.105. The standard InChI is InChI=1S/C19H16ClN3O2/c1-11-3-4-12(2)16(9-11)22-18(24)15-10-21-17(23-19(15)25)13-5-7-14(20)8-6-13/h3-10H,1-2H3,(H,22,24)(H,21,23,25). The quantitative estimate of drug-likeness (QED) is 0.748. The lowest BCUT2D eigenvalue weighted by molar-refractivity contribution is 0.102. The predicted molar refractivity (Wildman–Crippen MR) is 99.2 cm³/mol. The van der Waals surface area contributed by atoms with E-state index in [0.29, 0.717) is 22.1 Å². The molecule has 0 aliphatic heterocycles. The molecule has 2 N–H and O–H groups in total. The Morgan fingerprint density at radius 3 is 2.52 bits per heavy atom. The summed E-state index contributed by atoms with van der Waals surface area (Å²) < 4.78 is 0. The van der Waals surface area contributed by atoms with Crippen molar-refractivity contribution >= 4 is 23.2 Å². The molecule has 1 aromatic heterocycles. The fourth-order valence-electron chi connectivity index (χ4n) is 2.37. The van der Waals surface area contributed by atoms with E-state index in [9.17, 15) is 9.59 Å². The number of H-pyrrole nitrogens is 1. The van der Waals surface area contributed by atoms with Crippen molar-refractivity contribution in [1.82, 2.24) is 9.97 Å². The van der Waals surface area contributed by atoms with E-state index in [4.69, 9.17) is 11.6 Å². The van der Waals surface area contributed by atoms with E-state index in [1.807, 2.05) is 32.0 Å². The summed E-state index contributed by atoms with van der Waals surface area (Å²) in [6, 6.07) is 12.6. The normalized spacial score (nSPS) is 10.5. The van der Waals surface area contributed by atoms with E-state index in [0.717, 1.165) is 11.1 Å². The summed E-state index contributed by atoms with van der Waals surface area (Å²) in [5.41, 5.74) is 2.78.